The van der Waals surface area contributed by atoms with Crippen LogP contribution in [0.5, 0.6) is 0 Å². The van der Waals surface area contributed by atoms with E-state index in [0.717, 1.165) is 43.4 Å². The van der Waals surface area contributed by atoms with Crippen molar-refractivity contribution >= 4 is 17.6 Å². The fourth-order valence-electron chi connectivity index (χ4n) is 3.53. The van der Waals surface area contributed by atoms with Gasteiger partial charge < -0.3 is 15.3 Å². The molecule has 0 aliphatic carbocycles. The molecule has 3 heterocycles. The van der Waals surface area contributed by atoms with Gasteiger partial charge in [-0.15, -0.1) is 5.10 Å². The normalized spacial score (nSPS) is 16.8. The van der Waals surface area contributed by atoms with Crippen LogP contribution in [0.15, 0.2) is 36.7 Å². The van der Waals surface area contributed by atoms with E-state index in [1.165, 1.54) is 23.1 Å². The summed E-state index contributed by atoms with van der Waals surface area (Å²) in [6.45, 7) is 3.82. The number of nitrogens with one attached hydrogen (secondary N) is 1. The molecule has 7 nitrogen and oxygen atoms in total. The van der Waals surface area contributed by atoms with Gasteiger partial charge in [-0.25, -0.2) is 18.4 Å². The first-order valence-electron chi connectivity index (χ1n) is 9.50. The maximum atomic E-state index is 13.4. The molecule has 2 aromatic heterocycles. The van der Waals surface area contributed by atoms with Crippen molar-refractivity contribution in [3.8, 4) is 5.69 Å². The van der Waals surface area contributed by atoms with E-state index in [2.05, 4.69) is 25.3 Å². The number of rotatable bonds is 5. The van der Waals surface area contributed by atoms with Crippen molar-refractivity contribution < 1.29 is 15.3 Å². The Morgan fingerprint density at radius 3 is 2.76 bits per heavy atom. The molecule has 0 saturated carbocycles. The van der Waals surface area contributed by atoms with Crippen LogP contribution in [0.2, 0.25) is 0 Å². The van der Waals surface area contributed by atoms with Gasteiger partial charge in [0, 0.05) is 27.2 Å². The first kappa shape index (κ1) is 19.3. The molecule has 29 heavy (non-hydrogen) atoms. The van der Waals surface area contributed by atoms with E-state index < -0.39 is 11.6 Å². The van der Waals surface area contributed by atoms with Crippen molar-refractivity contribution in [2.45, 2.75) is 19.8 Å². The van der Waals surface area contributed by atoms with Crippen molar-refractivity contribution in [3.05, 3.63) is 53.9 Å². The van der Waals surface area contributed by atoms with Crippen molar-refractivity contribution in [1.82, 2.24) is 19.7 Å². The van der Waals surface area contributed by atoms with E-state index in [4.69, 9.17) is 0 Å². The topological polar surface area (TPSA) is 79.1 Å². The van der Waals surface area contributed by atoms with E-state index in [-0.39, 0.29) is 25.6 Å². The van der Waals surface area contributed by atoms with Crippen LogP contribution in [0.3, 0.4) is 0 Å². The zero-order valence-corrected chi connectivity index (χ0v) is 16.0. The monoisotopic (exact) mass is 402 g/mol. The molecule has 1 aliphatic heterocycles. The van der Waals surface area contributed by atoms with E-state index in [1.807, 2.05) is 19.1 Å². The number of nitrogens with zero attached hydrogens (tertiary/aromatic N) is 5. The quantitative estimate of drug-likeness (QED) is 0.681. The maximum Gasteiger partial charge on any atom is 0.248 e. The highest BCUT2D eigenvalue weighted by Crippen LogP contribution is 2.25. The molecule has 1 aromatic carbocycles. The summed E-state index contributed by atoms with van der Waals surface area (Å²) in [5.41, 5.74) is 1.26. The fraction of sp³-hybridized carbons (Fsp3) is 0.350. The molecular weight excluding hydrogens is 378 g/mol. The summed E-state index contributed by atoms with van der Waals surface area (Å²) in [7, 11) is 0. The summed E-state index contributed by atoms with van der Waals surface area (Å²) in [6, 6.07) is 7.04. The number of halogens is 2. The van der Waals surface area contributed by atoms with E-state index in [1.54, 1.807) is 0 Å². The first-order valence-corrected chi connectivity index (χ1v) is 9.50. The molecule has 1 saturated heterocycles. The number of aliphatic hydroxyl groups is 1. The highest BCUT2D eigenvalue weighted by atomic mass is 19.1. The Morgan fingerprint density at radius 2 is 2.00 bits per heavy atom. The first-order chi connectivity index (χ1) is 14.0. The molecule has 1 unspecified atom stereocenters. The van der Waals surface area contributed by atoms with E-state index in [0.29, 0.717) is 5.82 Å². The lowest BCUT2D eigenvalue weighted by Crippen LogP contribution is -2.37. The zero-order chi connectivity index (χ0) is 20.4. The lowest BCUT2D eigenvalue weighted by atomic mass is 9.99. The van der Waals surface area contributed by atoms with E-state index >= 15 is 0 Å². The Bertz CT molecular complexity index is 994. The van der Waals surface area contributed by atoms with Crippen LogP contribution in [0.25, 0.3) is 5.69 Å². The number of aryl methyl sites for hydroxylation is 1. The van der Waals surface area contributed by atoms with Gasteiger partial charge in [0.25, 0.3) is 0 Å². The van der Waals surface area contributed by atoms with Crippen molar-refractivity contribution in [2.75, 3.05) is 29.9 Å². The minimum absolute atomic E-state index is 0. The third-order valence-corrected chi connectivity index (χ3v) is 4.90. The van der Waals surface area contributed by atoms with Crippen LogP contribution in [0.1, 0.15) is 19.8 Å². The minimum atomic E-state index is -0.683. The second kappa shape index (κ2) is 8.12. The Kier molecular flexibility index (Phi) is 5.39. The van der Waals surface area contributed by atoms with Gasteiger partial charge in [-0.1, -0.05) is 0 Å². The Labute approximate surface area is 168 Å². The number of benzene rings is 1. The van der Waals surface area contributed by atoms with Crippen LogP contribution in [-0.4, -0.2) is 44.6 Å². The van der Waals surface area contributed by atoms with Crippen LogP contribution < -0.4 is 10.2 Å². The average Bonchev–Trinajstić information content (AvgIpc) is 3.15. The largest absolute Gasteiger partial charge is 0.396 e. The number of hydrogen-bond acceptors (Lipinski definition) is 6. The molecule has 0 amide bonds. The molecule has 0 bridgehead atoms. The molecule has 0 radical (unpaired) electrons. The molecule has 9 heteroatoms. The summed E-state index contributed by atoms with van der Waals surface area (Å²) in [5.74, 6) is 0.569. The molecule has 1 aliphatic rings. The number of aromatic nitrogens is 4. The smallest absolute Gasteiger partial charge is 0.248 e. The summed E-state index contributed by atoms with van der Waals surface area (Å²) in [6.07, 6.45) is 3.41. The second-order valence-corrected chi connectivity index (χ2v) is 7.29. The predicted octanol–water partition coefficient (Wildman–Crippen LogP) is 3.45. The van der Waals surface area contributed by atoms with Crippen LogP contribution >= 0.6 is 0 Å². The van der Waals surface area contributed by atoms with Gasteiger partial charge >= 0.3 is 0 Å². The van der Waals surface area contributed by atoms with Crippen LogP contribution in [-0.2, 0) is 0 Å². The molecule has 1 atom stereocenters. The average molecular weight is 402 g/mol. The van der Waals surface area contributed by atoms with Gasteiger partial charge in [0.05, 0.1) is 5.69 Å². The van der Waals surface area contributed by atoms with Crippen molar-refractivity contribution in [3.63, 3.8) is 0 Å². The zero-order valence-electron chi connectivity index (χ0n) is 16.0. The highest BCUT2D eigenvalue weighted by molar-refractivity contribution is 5.55. The molecule has 3 aromatic rings. The molecule has 0 spiro atoms. The van der Waals surface area contributed by atoms with Gasteiger partial charge in [-0.2, -0.15) is 4.98 Å². The van der Waals surface area contributed by atoms with E-state index in [9.17, 15) is 13.9 Å². The third-order valence-electron chi connectivity index (χ3n) is 4.90. The summed E-state index contributed by atoms with van der Waals surface area (Å²) in [5, 5.41) is 16.7. The molecule has 1 fully saturated rings. The summed E-state index contributed by atoms with van der Waals surface area (Å²) >= 11 is 0. The fourth-order valence-corrected chi connectivity index (χ4v) is 3.53. The number of aliphatic hydroxyl groups excluding tert-OH is 1. The Balaban J connectivity index is 0.00000256. The molecule has 154 valence electrons. The molecule has 4 rings (SSSR count). The lowest BCUT2D eigenvalue weighted by Gasteiger charge is -2.33. The number of anilines is 3. The van der Waals surface area contributed by atoms with Gasteiger partial charge in [-0.05, 0) is 55.5 Å². The van der Waals surface area contributed by atoms with Crippen molar-refractivity contribution in [1.29, 1.82) is 0 Å². The Morgan fingerprint density at radius 1 is 1.21 bits per heavy atom. The second-order valence-electron chi connectivity index (χ2n) is 7.29. The lowest BCUT2D eigenvalue weighted by molar-refractivity contribution is 0.208. The highest BCUT2D eigenvalue weighted by Gasteiger charge is 2.21. The summed E-state index contributed by atoms with van der Waals surface area (Å²) < 4.78 is 28.2. The number of pyridine rings is 1. The Hall–Kier alpha value is -3.07. The maximum absolute atomic E-state index is 13.4. The standard InChI is InChI=1S/C20H22F2N6O.H2/c1-13-5-18(24-19(6-13)27-4-2-3-14(10-27)11-29)25-20-23-12-28(26-20)17-8-15(21)7-16(22)9-17;/h5-9,12,14,29H,2-4,10-11H2,1H3,(H,24,25,26);1H. The molecular formula is C20H24F2N6O. The van der Waals surface area contributed by atoms with Gasteiger partial charge in [-0.3, -0.25) is 0 Å². The number of piperidine rings is 1. The number of hydrogen-bond donors (Lipinski definition) is 2. The SMILES string of the molecule is Cc1cc(Nc2ncn(-c3cc(F)cc(F)c3)n2)nc(N2CCCC(CO)C2)c1.[HH]. The summed E-state index contributed by atoms with van der Waals surface area (Å²) in [4.78, 5) is 11.0. The molecule has 2 N–H and O–H groups in total. The van der Waals surface area contributed by atoms with Gasteiger partial charge in [0.1, 0.15) is 29.6 Å². The van der Waals surface area contributed by atoms with Crippen molar-refractivity contribution in [2.24, 2.45) is 5.92 Å². The minimum Gasteiger partial charge on any atom is -0.396 e. The van der Waals surface area contributed by atoms with Gasteiger partial charge in [0.2, 0.25) is 5.95 Å². The van der Waals surface area contributed by atoms with Crippen LogP contribution in [0.4, 0.5) is 26.4 Å². The van der Waals surface area contributed by atoms with Gasteiger partial charge in [0.15, 0.2) is 0 Å². The predicted molar refractivity (Wildman–Crippen MR) is 108 cm³/mol. The van der Waals surface area contributed by atoms with Crippen LogP contribution in [0, 0.1) is 24.5 Å². The third kappa shape index (κ3) is 4.51.